The zero-order chi connectivity index (χ0) is 17.1. The topological polar surface area (TPSA) is 92.8 Å². The third-order valence-corrected chi connectivity index (χ3v) is 3.55. The van der Waals surface area contributed by atoms with E-state index in [1.807, 2.05) is 0 Å². The van der Waals surface area contributed by atoms with Gasteiger partial charge in [-0.15, -0.1) is 0 Å². The summed E-state index contributed by atoms with van der Waals surface area (Å²) in [5.41, 5.74) is 7.16. The number of carbonyl (C=O) groups is 1. The van der Waals surface area contributed by atoms with Crippen LogP contribution in [0.1, 0.15) is 10.4 Å². The van der Waals surface area contributed by atoms with Crippen LogP contribution in [0.25, 0.3) is 11.1 Å². The van der Waals surface area contributed by atoms with Gasteiger partial charge < -0.3 is 20.7 Å². The Morgan fingerprint density at radius 2 is 1.54 bits per heavy atom. The fraction of sp³-hybridized carbons (Fsp3) is 0. The number of benzene rings is 3. The Labute approximate surface area is 138 Å². The van der Waals surface area contributed by atoms with Crippen molar-refractivity contribution in [3.8, 4) is 28.4 Å². The molecule has 0 bridgehead atoms. The number of para-hydroxylation sites is 1. The number of phenolic OH excluding ortho intramolecular Hbond substituents is 1. The van der Waals surface area contributed by atoms with Crippen LogP contribution in [-0.4, -0.2) is 16.2 Å². The minimum Gasteiger partial charge on any atom is -0.504 e. The van der Waals surface area contributed by atoms with Crippen molar-refractivity contribution < 1.29 is 19.7 Å². The molecule has 0 atom stereocenters. The van der Waals surface area contributed by atoms with Gasteiger partial charge >= 0.3 is 5.97 Å². The van der Waals surface area contributed by atoms with Crippen LogP contribution >= 0.6 is 0 Å². The van der Waals surface area contributed by atoms with Crippen molar-refractivity contribution in [1.29, 1.82) is 0 Å². The van der Waals surface area contributed by atoms with Gasteiger partial charge in [-0.3, -0.25) is 0 Å². The third-order valence-electron chi connectivity index (χ3n) is 3.55. The van der Waals surface area contributed by atoms with Gasteiger partial charge in [0.1, 0.15) is 5.75 Å². The summed E-state index contributed by atoms with van der Waals surface area (Å²) in [5, 5.41) is 19.8. The van der Waals surface area contributed by atoms with Crippen molar-refractivity contribution in [2.24, 2.45) is 0 Å². The second-order valence-electron chi connectivity index (χ2n) is 5.17. The largest absolute Gasteiger partial charge is 0.504 e. The Hall–Kier alpha value is -3.47. The summed E-state index contributed by atoms with van der Waals surface area (Å²) in [6.07, 6.45) is 0. The molecule has 0 saturated heterocycles. The first-order valence-corrected chi connectivity index (χ1v) is 7.24. The molecule has 5 heteroatoms. The molecule has 4 N–H and O–H groups in total. The molecule has 120 valence electrons. The van der Waals surface area contributed by atoms with Crippen molar-refractivity contribution in [3.63, 3.8) is 0 Å². The summed E-state index contributed by atoms with van der Waals surface area (Å²) in [7, 11) is 0. The predicted octanol–water partition coefficient (Wildman–Crippen LogP) is 4.13. The smallest absolute Gasteiger partial charge is 0.336 e. The Kier molecular flexibility index (Phi) is 4.07. The Bertz CT molecular complexity index is 888. The number of phenols is 1. The average molecular weight is 321 g/mol. The Morgan fingerprint density at radius 1 is 0.875 bits per heavy atom. The minimum absolute atomic E-state index is 0.109. The monoisotopic (exact) mass is 321 g/mol. The molecule has 0 amide bonds. The van der Waals surface area contributed by atoms with E-state index >= 15 is 0 Å². The fourth-order valence-corrected chi connectivity index (χ4v) is 2.39. The average Bonchev–Trinajstić information content (AvgIpc) is 2.59. The molecular formula is C19H15NO4. The molecule has 0 aliphatic carbocycles. The zero-order valence-corrected chi connectivity index (χ0v) is 12.6. The lowest BCUT2D eigenvalue weighted by Gasteiger charge is -2.13. The van der Waals surface area contributed by atoms with E-state index in [0.717, 1.165) is 0 Å². The standard InChI is InChI=1S/C19H15NO4/c20-12-8-10-13(11-9-12)24-17-7-3-6-15(18(17)21)14-4-1-2-5-16(14)19(22)23/h1-11,21H,20H2,(H,22,23). The van der Waals surface area contributed by atoms with Crippen LogP contribution in [0.5, 0.6) is 17.2 Å². The summed E-state index contributed by atoms with van der Waals surface area (Å²) in [6, 6.07) is 18.2. The number of aromatic carboxylic acids is 1. The van der Waals surface area contributed by atoms with Gasteiger partial charge in [0.05, 0.1) is 5.56 Å². The maximum atomic E-state index is 11.4. The van der Waals surface area contributed by atoms with E-state index in [9.17, 15) is 15.0 Å². The molecule has 3 aromatic carbocycles. The molecule has 5 nitrogen and oxygen atoms in total. The molecule has 0 spiro atoms. The van der Waals surface area contributed by atoms with Crippen molar-refractivity contribution in [1.82, 2.24) is 0 Å². The number of nitrogens with two attached hydrogens (primary N) is 1. The van der Waals surface area contributed by atoms with Gasteiger partial charge in [-0.1, -0.05) is 30.3 Å². The quantitative estimate of drug-likeness (QED) is 0.628. The molecule has 0 aliphatic heterocycles. The van der Waals surface area contributed by atoms with Gasteiger partial charge in [-0.05, 0) is 36.4 Å². The molecule has 3 aromatic rings. The molecular weight excluding hydrogens is 306 g/mol. The maximum absolute atomic E-state index is 11.4. The number of nitrogen functional groups attached to an aromatic ring is 1. The van der Waals surface area contributed by atoms with E-state index in [1.54, 1.807) is 60.7 Å². The SMILES string of the molecule is Nc1ccc(Oc2cccc(-c3ccccc3C(=O)O)c2O)cc1. The normalized spacial score (nSPS) is 10.3. The number of hydrogen-bond acceptors (Lipinski definition) is 4. The van der Waals surface area contributed by atoms with Gasteiger partial charge in [0, 0.05) is 16.8 Å². The lowest BCUT2D eigenvalue weighted by Crippen LogP contribution is -1.99. The number of aromatic hydroxyl groups is 1. The number of rotatable bonds is 4. The number of hydrogen-bond donors (Lipinski definition) is 3. The van der Waals surface area contributed by atoms with E-state index in [0.29, 0.717) is 22.6 Å². The molecule has 0 fully saturated rings. The molecule has 24 heavy (non-hydrogen) atoms. The van der Waals surface area contributed by atoms with E-state index in [-0.39, 0.29) is 17.1 Å². The highest BCUT2D eigenvalue weighted by atomic mass is 16.5. The Balaban J connectivity index is 2.03. The maximum Gasteiger partial charge on any atom is 0.336 e. The van der Waals surface area contributed by atoms with Crippen molar-refractivity contribution in [3.05, 3.63) is 72.3 Å². The van der Waals surface area contributed by atoms with Crippen LogP contribution in [0.15, 0.2) is 66.7 Å². The molecule has 0 aliphatic rings. The molecule has 0 aromatic heterocycles. The van der Waals surface area contributed by atoms with Crippen LogP contribution in [0, 0.1) is 0 Å². The van der Waals surface area contributed by atoms with E-state index in [2.05, 4.69) is 0 Å². The van der Waals surface area contributed by atoms with Crippen LogP contribution < -0.4 is 10.5 Å². The molecule has 0 radical (unpaired) electrons. The number of ether oxygens (including phenoxy) is 1. The highest BCUT2D eigenvalue weighted by Crippen LogP contribution is 2.40. The van der Waals surface area contributed by atoms with Crippen molar-refractivity contribution in [2.75, 3.05) is 5.73 Å². The number of carboxylic acid groups (broad SMARTS) is 1. The van der Waals surface area contributed by atoms with Crippen molar-refractivity contribution >= 4 is 11.7 Å². The Morgan fingerprint density at radius 3 is 2.25 bits per heavy atom. The summed E-state index contributed by atoms with van der Waals surface area (Å²) in [6.45, 7) is 0. The van der Waals surface area contributed by atoms with Crippen LogP contribution in [0.2, 0.25) is 0 Å². The fourth-order valence-electron chi connectivity index (χ4n) is 2.39. The number of anilines is 1. The van der Waals surface area contributed by atoms with Gasteiger partial charge in [0.2, 0.25) is 0 Å². The van der Waals surface area contributed by atoms with Crippen LogP contribution in [-0.2, 0) is 0 Å². The summed E-state index contributed by atoms with van der Waals surface area (Å²) < 4.78 is 5.67. The third kappa shape index (κ3) is 3.01. The predicted molar refractivity (Wildman–Crippen MR) is 91.4 cm³/mol. The van der Waals surface area contributed by atoms with Gasteiger partial charge in [0.15, 0.2) is 11.5 Å². The lowest BCUT2D eigenvalue weighted by molar-refractivity contribution is 0.0697. The molecule has 0 unspecified atom stereocenters. The first-order valence-electron chi connectivity index (χ1n) is 7.24. The van der Waals surface area contributed by atoms with Crippen LogP contribution in [0.3, 0.4) is 0 Å². The van der Waals surface area contributed by atoms with E-state index in [1.165, 1.54) is 6.07 Å². The van der Waals surface area contributed by atoms with E-state index in [4.69, 9.17) is 10.5 Å². The van der Waals surface area contributed by atoms with Gasteiger partial charge in [-0.25, -0.2) is 4.79 Å². The number of carboxylic acids is 1. The minimum atomic E-state index is -1.06. The molecule has 3 rings (SSSR count). The summed E-state index contributed by atoms with van der Waals surface area (Å²) >= 11 is 0. The highest BCUT2D eigenvalue weighted by molar-refractivity contribution is 5.97. The highest BCUT2D eigenvalue weighted by Gasteiger charge is 2.16. The second-order valence-corrected chi connectivity index (χ2v) is 5.17. The second kappa shape index (κ2) is 6.34. The molecule has 0 heterocycles. The zero-order valence-electron chi connectivity index (χ0n) is 12.6. The first-order chi connectivity index (χ1) is 11.6. The van der Waals surface area contributed by atoms with Gasteiger partial charge in [-0.2, -0.15) is 0 Å². The lowest BCUT2D eigenvalue weighted by atomic mass is 9.98. The first kappa shape index (κ1) is 15.4. The molecule has 0 saturated carbocycles. The summed E-state index contributed by atoms with van der Waals surface area (Å²) in [4.78, 5) is 11.4. The van der Waals surface area contributed by atoms with Crippen molar-refractivity contribution in [2.45, 2.75) is 0 Å². The van der Waals surface area contributed by atoms with E-state index < -0.39 is 5.97 Å². The summed E-state index contributed by atoms with van der Waals surface area (Å²) in [5.74, 6) is -0.432. The van der Waals surface area contributed by atoms with Crippen LogP contribution in [0.4, 0.5) is 5.69 Å². The van der Waals surface area contributed by atoms with Gasteiger partial charge in [0.25, 0.3) is 0 Å².